The summed E-state index contributed by atoms with van der Waals surface area (Å²) in [6.07, 6.45) is 1.79. The van der Waals surface area contributed by atoms with Gasteiger partial charge in [0.1, 0.15) is 12.2 Å². The van der Waals surface area contributed by atoms with Crippen LogP contribution in [0.3, 0.4) is 0 Å². The van der Waals surface area contributed by atoms with Crippen LogP contribution in [0.15, 0.2) is 33.2 Å². The number of nitrogens with zero attached hydrogens (tertiary/aromatic N) is 2. The van der Waals surface area contributed by atoms with Gasteiger partial charge in [-0.15, -0.1) is 0 Å². The highest BCUT2D eigenvalue weighted by molar-refractivity contribution is 7.79. The van der Waals surface area contributed by atoms with Crippen LogP contribution in [0, 0.1) is 6.92 Å². The number of hydrogen-bond acceptors (Lipinski definition) is 6. The molecule has 126 valence electrons. The summed E-state index contributed by atoms with van der Waals surface area (Å²) < 4.78 is 24.2. The Labute approximate surface area is 139 Å². The van der Waals surface area contributed by atoms with Gasteiger partial charge >= 0.3 is 0 Å². The molecule has 1 aliphatic heterocycles. The summed E-state index contributed by atoms with van der Waals surface area (Å²) in [6.45, 7) is 1.99. The lowest BCUT2D eigenvalue weighted by atomic mass is 9.93. The van der Waals surface area contributed by atoms with Gasteiger partial charge in [-0.1, -0.05) is 5.16 Å². The molecule has 0 amide bonds. The van der Waals surface area contributed by atoms with Gasteiger partial charge in [-0.3, -0.25) is 18.5 Å². The predicted molar refractivity (Wildman–Crippen MR) is 84.9 cm³/mol. The van der Waals surface area contributed by atoms with Crippen molar-refractivity contribution in [3.8, 4) is 0 Å². The van der Waals surface area contributed by atoms with Gasteiger partial charge in [0.05, 0.1) is 5.71 Å². The lowest BCUT2D eigenvalue weighted by molar-refractivity contribution is 0.103. The van der Waals surface area contributed by atoms with Crippen molar-refractivity contribution in [2.45, 2.75) is 18.2 Å². The zero-order chi connectivity index (χ0) is 17.4. The van der Waals surface area contributed by atoms with Crippen LogP contribution in [0.25, 0.3) is 0 Å². The second-order valence-electron chi connectivity index (χ2n) is 5.35. The first-order valence-corrected chi connectivity index (χ1v) is 8.20. The van der Waals surface area contributed by atoms with Crippen molar-refractivity contribution < 1.29 is 18.4 Å². The maximum atomic E-state index is 12.7. The zero-order valence-corrected chi connectivity index (χ0v) is 13.8. The largest absolute Gasteiger partial charge is 0.768 e. The first-order valence-electron chi connectivity index (χ1n) is 7.13. The smallest absolute Gasteiger partial charge is 0.277 e. The van der Waals surface area contributed by atoms with Crippen molar-refractivity contribution in [1.82, 2.24) is 9.78 Å². The Balaban J connectivity index is 2.18. The average Bonchev–Trinajstić information content (AvgIpc) is 3.17. The van der Waals surface area contributed by atoms with Gasteiger partial charge in [0.25, 0.3) is 5.56 Å². The Morgan fingerprint density at radius 2 is 2.17 bits per heavy atom. The Bertz CT molecular complexity index is 941. The molecule has 0 saturated carbocycles. The fraction of sp³-hybridized carbons (Fsp3) is 0.267. The molecule has 0 aliphatic carbocycles. The van der Waals surface area contributed by atoms with E-state index in [1.807, 2.05) is 0 Å². The second-order valence-corrected chi connectivity index (χ2v) is 6.26. The van der Waals surface area contributed by atoms with Crippen LogP contribution in [-0.2, 0) is 23.0 Å². The maximum Gasteiger partial charge on any atom is 0.277 e. The molecular formula is C15H14N3O5S-. The number of aromatic amines is 1. The Morgan fingerprint density at radius 3 is 2.71 bits per heavy atom. The minimum absolute atomic E-state index is 0.00726. The molecule has 0 radical (unpaired) electrons. The van der Waals surface area contributed by atoms with Crippen molar-refractivity contribution in [3.63, 3.8) is 0 Å². The number of rotatable bonds is 4. The average molecular weight is 348 g/mol. The number of ketones is 1. The number of carbonyl (C=O) groups excluding carboxylic acids is 1. The lowest BCUT2D eigenvalue weighted by Crippen LogP contribution is -2.20. The molecule has 3 rings (SSSR count). The van der Waals surface area contributed by atoms with E-state index in [0.29, 0.717) is 29.9 Å². The number of carbonyl (C=O) groups is 1. The molecule has 1 N–H and O–H groups in total. The number of oxime groups is 1. The number of benzene rings is 1. The van der Waals surface area contributed by atoms with Gasteiger partial charge in [-0.05, 0) is 35.7 Å². The van der Waals surface area contributed by atoms with Gasteiger partial charge in [-0.2, -0.15) is 0 Å². The van der Waals surface area contributed by atoms with Crippen molar-refractivity contribution in [1.29, 1.82) is 0 Å². The first kappa shape index (κ1) is 16.3. The molecule has 2 aromatic rings. The fourth-order valence-electron chi connectivity index (χ4n) is 2.68. The molecule has 0 spiro atoms. The highest BCUT2D eigenvalue weighted by Crippen LogP contribution is 2.26. The molecule has 1 aromatic heterocycles. The predicted octanol–water partition coefficient (Wildman–Crippen LogP) is 0.615. The summed E-state index contributed by atoms with van der Waals surface area (Å²) in [5, 5.41) is 6.51. The second kappa shape index (κ2) is 6.17. The van der Waals surface area contributed by atoms with Crippen LogP contribution >= 0.6 is 0 Å². The van der Waals surface area contributed by atoms with Crippen molar-refractivity contribution in [3.05, 3.63) is 50.9 Å². The highest BCUT2D eigenvalue weighted by atomic mass is 32.2. The first-order chi connectivity index (χ1) is 11.4. The van der Waals surface area contributed by atoms with Gasteiger partial charge in [0, 0.05) is 35.7 Å². The summed E-state index contributed by atoms with van der Waals surface area (Å²) >= 11 is -2.48. The molecule has 8 nitrogen and oxygen atoms in total. The minimum atomic E-state index is -2.48. The number of nitrogens with one attached hydrogen (secondary N) is 1. The molecule has 2 heterocycles. The molecule has 1 unspecified atom stereocenters. The molecule has 0 bridgehead atoms. The SMILES string of the molecule is Cc1c(C(=O)c2c[nH]n(C)c2=O)ccc(S(=O)[O-])c1C1=NOCC1. The third-order valence-electron chi connectivity index (χ3n) is 3.93. The van der Waals surface area contributed by atoms with E-state index in [0.717, 1.165) is 0 Å². The quantitative estimate of drug-likeness (QED) is 0.642. The van der Waals surface area contributed by atoms with Crippen molar-refractivity contribution in [2.24, 2.45) is 12.2 Å². The number of hydrogen-bond donors (Lipinski definition) is 1. The van der Waals surface area contributed by atoms with Gasteiger partial charge in [0.2, 0.25) is 0 Å². The summed E-state index contributed by atoms with van der Waals surface area (Å²) in [6, 6.07) is 2.76. The summed E-state index contributed by atoms with van der Waals surface area (Å²) in [4.78, 5) is 29.7. The topological polar surface area (TPSA) is 117 Å². The van der Waals surface area contributed by atoms with Gasteiger partial charge in [-0.25, -0.2) is 0 Å². The van der Waals surface area contributed by atoms with Gasteiger partial charge < -0.3 is 14.5 Å². The maximum absolute atomic E-state index is 12.7. The van der Waals surface area contributed by atoms with E-state index in [1.54, 1.807) is 6.92 Å². The molecule has 0 fully saturated rings. The van der Waals surface area contributed by atoms with Crippen LogP contribution in [0.4, 0.5) is 0 Å². The molecule has 0 saturated heterocycles. The van der Waals surface area contributed by atoms with E-state index >= 15 is 0 Å². The molecular weight excluding hydrogens is 334 g/mol. The van der Waals surface area contributed by atoms with E-state index in [4.69, 9.17) is 4.84 Å². The van der Waals surface area contributed by atoms with Gasteiger partial charge in [0.15, 0.2) is 5.78 Å². The van der Waals surface area contributed by atoms with Crippen LogP contribution < -0.4 is 5.56 Å². The van der Waals surface area contributed by atoms with Crippen LogP contribution in [0.1, 0.15) is 33.5 Å². The molecule has 9 heteroatoms. The summed E-state index contributed by atoms with van der Waals surface area (Å²) in [7, 11) is 1.51. The molecule has 1 aromatic carbocycles. The Morgan fingerprint density at radius 1 is 1.42 bits per heavy atom. The summed E-state index contributed by atoms with van der Waals surface area (Å²) in [5.41, 5.74) is 1.09. The van der Waals surface area contributed by atoms with E-state index < -0.39 is 22.4 Å². The Hall–Kier alpha value is -2.52. The van der Waals surface area contributed by atoms with E-state index in [2.05, 4.69) is 10.3 Å². The normalized spacial score (nSPS) is 15.0. The van der Waals surface area contributed by atoms with Crippen molar-refractivity contribution in [2.75, 3.05) is 6.61 Å². The number of aryl methyl sites for hydroxylation is 1. The minimum Gasteiger partial charge on any atom is -0.768 e. The lowest BCUT2D eigenvalue weighted by Gasteiger charge is -2.16. The monoisotopic (exact) mass is 348 g/mol. The molecule has 1 atom stereocenters. The van der Waals surface area contributed by atoms with E-state index in [9.17, 15) is 18.4 Å². The van der Waals surface area contributed by atoms with Crippen LogP contribution in [0.2, 0.25) is 0 Å². The van der Waals surface area contributed by atoms with E-state index in [-0.39, 0.29) is 16.0 Å². The third kappa shape index (κ3) is 2.61. The third-order valence-corrected chi connectivity index (χ3v) is 4.63. The molecule has 1 aliphatic rings. The number of aromatic nitrogens is 2. The standard InChI is InChI=1S/C15H15N3O5S/c1-8-9(14(19)10-7-16-18(2)15(10)20)3-4-12(24(21)22)13(8)11-5-6-23-17-11/h3-4,7,16H,5-6H2,1-2H3,(H,21,22)/p-1. The zero-order valence-electron chi connectivity index (χ0n) is 13.0. The van der Waals surface area contributed by atoms with Crippen molar-refractivity contribution >= 4 is 22.6 Å². The highest BCUT2D eigenvalue weighted by Gasteiger charge is 2.24. The summed E-state index contributed by atoms with van der Waals surface area (Å²) in [5.74, 6) is -0.474. The fourth-order valence-corrected chi connectivity index (χ4v) is 3.30. The Kier molecular flexibility index (Phi) is 4.20. The van der Waals surface area contributed by atoms with Crippen LogP contribution in [0.5, 0.6) is 0 Å². The molecule has 24 heavy (non-hydrogen) atoms. The number of H-pyrrole nitrogens is 1. The van der Waals surface area contributed by atoms with E-state index in [1.165, 1.54) is 30.1 Å². The van der Waals surface area contributed by atoms with Crippen LogP contribution in [-0.4, -0.2) is 36.6 Å².